The molecule has 1 saturated carbocycles. The van der Waals surface area contributed by atoms with Gasteiger partial charge in [-0.15, -0.1) is 0 Å². The lowest BCUT2D eigenvalue weighted by atomic mass is 10.00. The van der Waals surface area contributed by atoms with Crippen molar-refractivity contribution in [2.24, 2.45) is 5.73 Å². The van der Waals surface area contributed by atoms with Crippen molar-refractivity contribution in [1.29, 1.82) is 0 Å². The van der Waals surface area contributed by atoms with Crippen LogP contribution < -0.4 is 10.5 Å². The Morgan fingerprint density at radius 3 is 2.42 bits per heavy atom. The summed E-state index contributed by atoms with van der Waals surface area (Å²) in [5.41, 5.74) is 5.92. The standard InChI is InChI=1S/C11H18N4O2S2/c1-7-9(8(2)14-13-7)19(16,17)15-11(10(12)18)5-3-4-6-11/h15H,3-6H2,1-2H3,(H2,12,18)(H,13,14). The Bertz CT molecular complexity index is 581. The SMILES string of the molecule is Cc1n[nH]c(C)c1S(=O)(=O)NC1(C(N)=S)CCCC1. The van der Waals surface area contributed by atoms with Crippen LogP contribution in [-0.4, -0.2) is 29.1 Å². The molecule has 1 aliphatic rings. The van der Waals surface area contributed by atoms with Gasteiger partial charge in [0.2, 0.25) is 10.0 Å². The van der Waals surface area contributed by atoms with Crippen LogP contribution in [-0.2, 0) is 10.0 Å². The number of sulfonamides is 1. The Labute approximate surface area is 118 Å². The first kappa shape index (κ1) is 14.4. The van der Waals surface area contributed by atoms with Crippen molar-refractivity contribution in [3.05, 3.63) is 11.4 Å². The summed E-state index contributed by atoms with van der Waals surface area (Å²) >= 11 is 5.06. The van der Waals surface area contributed by atoms with E-state index < -0.39 is 15.6 Å². The van der Waals surface area contributed by atoms with Gasteiger partial charge < -0.3 is 5.73 Å². The minimum Gasteiger partial charge on any atom is -0.392 e. The van der Waals surface area contributed by atoms with Gasteiger partial charge in [0, 0.05) is 0 Å². The molecule has 2 rings (SSSR count). The van der Waals surface area contributed by atoms with Crippen molar-refractivity contribution in [2.45, 2.75) is 50.0 Å². The number of nitrogens with two attached hydrogens (primary N) is 1. The van der Waals surface area contributed by atoms with Gasteiger partial charge in [0.05, 0.1) is 21.9 Å². The quantitative estimate of drug-likeness (QED) is 0.718. The van der Waals surface area contributed by atoms with E-state index in [1.807, 2.05) is 0 Å². The normalized spacial score (nSPS) is 18.6. The van der Waals surface area contributed by atoms with Crippen LogP contribution in [0.2, 0.25) is 0 Å². The number of nitrogens with zero attached hydrogens (tertiary/aromatic N) is 1. The van der Waals surface area contributed by atoms with Gasteiger partial charge in [0.1, 0.15) is 4.90 Å². The van der Waals surface area contributed by atoms with Crippen molar-refractivity contribution in [2.75, 3.05) is 0 Å². The van der Waals surface area contributed by atoms with Gasteiger partial charge >= 0.3 is 0 Å². The summed E-state index contributed by atoms with van der Waals surface area (Å²) in [6.45, 7) is 3.33. The number of aromatic amines is 1. The summed E-state index contributed by atoms with van der Waals surface area (Å²) < 4.78 is 27.7. The lowest BCUT2D eigenvalue weighted by molar-refractivity contribution is 0.502. The Balaban J connectivity index is 2.39. The Kier molecular flexibility index (Phi) is 3.67. The average Bonchev–Trinajstić information content (AvgIpc) is 2.86. The van der Waals surface area contributed by atoms with Crippen molar-refractivity contribution in [3.63, 3.8) is 0 Å². The highest BCUT2D eigenvalue weighted by Crippen LogP contribution is 2.32. The molecule has 0 aromatic carbocycles. The molecule has 1 aromatic heterocycles. The first-order valence-electron chi connectivity index (χ1n) is 6.14. The number of hydrogen-bond acceptors (Lipinski definition) is 4. The van der Waals surface area contributed by atoms with Gasteiger partial charge in [-0.25, -0.2) is 8.42 Å². The van der Waals surface area contributed by atoms with E-state index in [0.29, 0.717) is 24.2 Å². The first-order chi connectivity index (χ1) is 8.78. The number of aryl methyl sites for hydroxylation is 2. The minimum absolute atomic E-state index is 0.190. The van der Waals surface area contributed by atoms with E-state index in [0.717, 1.165) is 12.8 Å². The van der Waals surface area contributed by atoms with Gasteiger partial charge in [0.25, 0.3) is 0 Å². The number of rotatable bonds is 4. The molecule has 1 fully saturated rings. The van der Waals surface area contributed by atoms with E-state index in [2.05, 4.69) is 14.9 Å². The third kappa shape index (κ3) is 2.52. The van der Waals surface area contributed by atoms with E-state index in [9.17, 15) is 8.42 Å². The number of nitrogens with one attached hydrogen (secondary N) is 2. The van der Waals surface area contributed by atoms with Gasteiger partial charge in [-0.1, -0.05) is 25.1 Å². The molecule has 0 unspecified atom stereocenters. The third-order valence-electron chi connectivity index (χ3n) is 3.59. The maximum absolute atomic E-state index is 12.5. The molecular formula is C11H18N4O2S2. The molecule has 1 heterocycles. The molecule has 6 nitrogen and oxygen atoms in total. The lowest BCUT2D eigenvalue weighted by Crippen LogP contribution is -2.54. The lowest BCUT2D eigenvalue weighted by Gasteiger charge is -2.28. The third-order valence-corrected chi connectivity index (χ3v) is 5.78. The zero-order valence-corrected chi connectivity index (χ0v) is 12.6. The number of thiocarbonyl (C=S) groups is 1. The highest BCUT2D eigenvalue weighted by atomic mass is 32.2. The molecule has 4 N–H and O–H groups in total. The largest absolute Gasteiger partial charge is 0.392 e. The molecule has 0 amide bonds. The first-order valence-corrected chi connectivity index (χ1v) is 8.03. The Morgan fingerprint density at radius 1 is 1.42 bits per heavy atom. The summed E-state index contributed by atoms with van der Waals surface area (Å²) in [7, 11) is -3.68. The van der Waals surface area contributed by atoms with Crippen molar-refractivity contribution < 1.29 is 8.42 Å². The number of hydrogen-bond donors (Lipinski definition) is 3. The van der Waals surface area contributed by atoms with Crippen LogP contribution in [0.25, 0.3) is 0 Å². The van der Waals surface area contributed by atoms with Gasteiger partial charge in [-0.05, 0) is 26.7 Å². The molecule has 0 aliphatic heterocycles. The predicted octanol–water partition coefficient (Wildman–Crippen LogP) is 0.904. The highest BCUT2D eigenvalue weighted by Gasteiger charge is 2.41. The summed E-state index contributed by atoms with van der Waals surface area (Å²) in [6, 6.07) is 0. The monoisotopic (exact) mass is 302 g/mol. The number of aromatic nitrogens is 2. The Hall–Kier alpha value is -0.990. The van der Waals surface area contributed by atoms with Crippen molar-refractivity contribution in [3.8, 4) is 0 Å². The minimum atomic E-state index is -3.68. The van der Waals surface area contributed by atoms with Crippen LogP contribution in [0, 0.1) is 13.8 Å². The molecule has 0 bridgehead atoms. The van der Waals surface area contributed by atoms with Crippen molar-refractivity contribution >= 4 is 27.2 Å². The van der Waals surface area contributed by atoms with Gasteiger partial charge in [-0.2, -0.15) is 9.82 Å². The summed E-state index contributed by atoms with van der Waals surface area (Å²) in [5.74, 6) is 0. The zero-order valence-electron chi connectivity index (χ0n) is 11.0. The van der Waals surface area contributed by atoms with E-state index >= 15 is 0 Å². The zero-order chi connectivity index (χ0) is 14.3. The summed E-state index contributed by atoms with van der Waals surface area (Å²) in [4.78, 5) is 0.405. The predicted molar refractivity (Wildman–Crippen MR) is 76.4 cm³/mol. The second-order valence-electron chi connectivity index (χ2n) is 5.02. The fraction of sp³-hybridized carbons (Fsp3) is 0.636. The van der Waals surface area contributed by atoms with Gasteiger partial charge in [0.15, 0.2) is 0 Å². The maximum Gasteiger partial charge on any atom is 0.245 e. The van der Waals surface area contributed by atoms with Crippen LogP contribution >= 0.6 is 12.2 Å². The van der Waals surface area contributed by atoms with E-state index in [1.54, 1.807) is 13.8 Å². The molecule has 0 radical (unpaired) electrons. The summed E-state index contributed by atoms with van der Waals surface area (Å²) in [6.07, 6.45) is 3.14. The molecule has 1 aliphatic carbocycles. The second-order valence-corrected chi connectivity index (χ2v) is 7.08. The van der Waals surface area contributed by atoms with E-state index in [4.69, 9.17) is 18.0 Å². The van der Waals surface area contributed by atoms with Crippen LogP contribution in [0.15, 0.2) is 4.90 Å². The van der Waals surface area contributed by atoms with Crippen LogP contribution in [0.5, 0.6) is 0 Å². The average molecular weight is 302 g/mol. The molecule has 0 saturated heterocycles. The second kappa shape index (κ2) is 4.84. The van der Waals surface area contributed by atoms with Crippen LogP contribution in [0.3, 0.4) is 0 Å². The van der Waals surface area contributed by atoms with E-state index in [-0.39, 0.29) is 9.88 Å². The molecule has 19 heavy (non-hydrogen) atoms. The van der Waals surface area contributed by atoms with Crippen molar-refractivity contribution in [1.82, 2.24) is 14.9 Å². The van der Waals surface area contributed by atoms with Gasteiger partial charge in [-0.3, -0.25) is 5.10 Å². The smallest absolute Gasteiger partial charge is 0.245 e. The molecule has 8 heteroatoms. The maximum atomic E-state index is 12.5. The molecule has 1 aromatic rings. The number of H-pyrrole nitrogens is 1. The molecule has 106 valence electrons. The van der Waals surface area contributed by atoms with Crippen LogP contribution in [0.4, 0.5) is 0 Å². The fourth-order valence-corrected chi connectivity index (χ4v) is 4.76. The highest BCUT2D eigenvalue weighted by molar-refractivity contribution is 7.89. The molecule has 0 spiro atoms. The molecular weight excluding hydrogens is 284 g/mol. The fourth-order valence-electron chi connectivity index (χ4n) is 2.62. The topological polar surface area (TPSA) is 101 Å². The Morgan fingerprint density at radius 2 is 2.00 bits per heavy atom. The van der Waals surface area contributed by atoms with Crippen LogP contribution in [0.1, 0.15) is 37.1 Å². The van der Waals surface area contributed by atoms with E-state index in [1.165, 1.54) is 0 Å². The molecule has 0 atom stereocenters. The summed E-state index contributed by atoms with van der Waals surface area (Å²) in [5, 5.41) is 6.59.